The van der Waals surface area contributed by atoms with Gasteiger partial charge in [-0.1, -0.05) is 26.2 Å². The Morgan fingerprint density at radius 2 is 2.00 bits per heavy atom. The summed E-state index contributed by atoms with van der Waals surface area (Å²) in [7, 11) is 0. The minimum absolute atomic E-state index is 0. The zero-order valence-electron chi connectivity index (χ0n) is 8.45. The first kappa shape index (κ1) is 16.7. The Bertz CT molecular complexity index is 135. The molecular weight excluding hydrogens is 213 g/mol. The van der Waals surface area contributed by atoms with Crippen LogP contribution in [-0.2, 0) is 0 Å². The molecule has 3 nitrogen and oxygen atoms in total. The van der Waals surface area contributed by atoms with Crippen LogP contribution in [0, 0.1) is 0 Å². The number of unbranched alkanes of at least 4 members (excludes halogenated alkanes) is 3. The van der Waals surface area contributed by atoms with Crippen LogP contribution in [0.5, 0.6) is 0 Å². The van der Waals surface area contributed by atoms with Crippen molar-refractivity contribution in [2.24, 2.45) is 0 Å². The van der Waals surface area contributed by atoms with Crippen molar-refractivity contribution in [3.8, 4) is 0 Å². The molecule has 0 fully saturated rings. The summed E-state index contributed by atoms with van der Waals surface area (Å²) in [6.45, 7) is 2.67. The Balaban J connectivity index is 0. The molecule has 5 heteroatoms. The number of hydrogen-bond donors (Lipinski definition) is 1. The van der Waals surface area contributed by atoms with E-state index in [1.54, 1.807) is 0 Å². The van der Waals surface area contributed by atoms with E-state index in [2.05, 4.69) is 19.6 Å². The molecule has 0 spiro atoms. The van der Waals surface area contributed by atoms with E-state index < -0.39 is 6.09 Å². The van der Waals surface area contributed by atoms with Crippen LogP contribution in [0.1, 0.15) is 32.6 Å². The van der Waals surface area contributed by atoms with E-state index in [0.717, 1.165) is 25.7 Å². The minimum Gasteiger partial charge on any atom is -0.530 e. The normalized spacial score (nSPS) is 9.08. The largest absolute Gasteiger partial charge is 1.00 e. The third-order valence-electron chi connectivity index (χ3n) is 1.71. The third kappa shape index (κ3) is 9.56. The number of thiol groups is 1. The van der Waals surface area contributed by atoms with Crippen molar-refractivity contribution in [1.82, 2.24) is 4.90 Å². The van der Waals surface area contributed by atoms with Crippen molar-refractivity contribution in [2.45, 2.75) is 32.6 Å². The SMILES string of the molecule is CCCCCCN(CS)C(=O)[O-].[K+]. The Labute approximate surface area is 128 Å². The minimum atomic E-state index is -1.12. The van der Waals surface area contributed by atoms with E-state index in [-0.39, 0.29) is 57.3 Å². The van der Waals surface area contributed by atoms with Gasteiger partial charge < -0.3 is 14.8 Å². The quantitative estimate of drug-likeness (QED) is 0.250. The molecule has 0 unspecified atom stereocenters. The van der Waals surface area contributed by atoms with Crippen molar-refractivity contribution in [3.63, 3.8) is 0 Å². The van der Waals surface area contributed by atoms with Gasteiger partial charge in [0.15, 0.2) is 0 Å². The fourth-order valence-corrected chi connectivity index (χ4v) is 1.21. The molecule has 0 saturated heterocycles. The van der Waals surface area contributed by atoms with Gasteiger partial charge in [0, 0.05) is 6.54 Å². The van der Waals surface area contributed by atoms with Crippen LogP contribution >= 0.6 is 12.6 Å². The fourth-order valence-electron chi connectivity index (χ4n) is 0.949. The smallest absolute Gasteiger partial charge is 0.530 e. The van der Waals surface area contributed by atoms with Crippen LogP contribution in [0.15, 0.2) is 0 Å². The standard InChI is InChI=1S/C8H17NO2S.K/c1-2-3-4-5-6-9(7-12)8(10)11;/h12H,2-7H2,1H3,(H,10,11);/q;+1/p-1. The number of carbonyl (C=O) groups excluding carboxylic acids is 1. The summed E-state index contributed by atoms with van der Waals surface area (Å²) in [6.07, 6.45) is 3.18. The Morgan fingerprint density at radius 3 is 2.38 bits per heavy atom. The molecule has 72 valence electrons. The first-order valence-electron chi connectivity index (χ1n) is 4.29. The van der Waals surface area contributed by atoms with Gasteiger partial charge in [0.2, 0.25) is 0 Å². The summed E-state index contributed by atoms with van der Waals surface area (Å²) >= 11 is 3.89. The summed E-state index contributed by atoms with van der Waals surface area (Å²) in [6, 6.07) is 0. The number of carbonyl (C=O) groups is 1. The number of hydrogen-bond acceptors (Lipinski definition) is 3. The van der Waals surface area contributed by atoms with Gasteiger partial charge in [0.05, 0.1) is 5.88 Å². The topological polar surface area (TPSA) is 43.4 Å². The Morgan fingerprint density at radius 1 is 1.38 bits per heavy atom. The maximum atomic E-state index is 10.4. The van der Waals surface area contributed by atoms with Gasteiger partial charge in [-0.2, -0.15) is 12.6 Å². The number of rotatable bonds is 6. The van der Waals surface area contributed by atoms with Gasteiger partial charge in [-0.25, -0.2) is 0 Å². The van der Waals surface area contributed by atoms with Crippen LogP contribution in [-0.4, -0.2) is 23.4 Å². The molecule has 0 aromatic carbocycles. The van der Waals surface area contributed by atoms with Crippen molar-refractivity contribution in [2.75, 3.05) is 12.4 Å². The number of amides is 1. The van der Waals surface area contributed by atoms with Crippen LogP contribution in [0.25, 0.3) is 0 Å². The fraction of sp³-hybridized carbons (Fsp3) is 0.875. The zero-order valence-corrected chi connectivity index (χ0v) is 12.5. The molecule has 0 aliphatic carbocycles. The summed E-state index contributed by atoms with van der Waals surface area (Å²) in [5.41, 5.74) is 0. The summed E-state index contributed by atoms with van der Waals surface area (Å²) < 4.78 is 0. The van der Waals surface area contributed by atoms with Crippen LogP contribution < -0.4 is 56.5 Å². The summed E-state index contributed by atoms with van der Waals surface area (Å²) in [4.78, 5) is 11.6. The van der Waals surface area contributed by atoms with E-state index in [1.807, 2.05) is 0 Å². The average Bonchev–Trinajstić information content (AvgIpc) is 2.04. The van der Waals surface area contributed by atoms with E-state index in [4.69, 9.17) is 0 Å². The monoisotopic (exact) mass is 229 g/mol. The first-order valence-corrected chi connectivity index (χ1v) is 4.92. The molecule has 0 saturated carbocycles. The molecule has 1 amide bonds. The van der Waals surface area contributed by atoms with E-state index in [9.17, 15) is 9.90 Å². The van der Waals surface area contributed by atoms with Gasteiger partial charge in [0.25, 0.3) is 0 Å². The molecule has 0 aromatic rings. The molecule has 0 aliphatic rings. The molecule has 0 atom stereocenters. The average molecular weight is 229 g/mol. The molecule has 0 radical (unpaired) electrons. The predicted molar refractivity (Wildman–Crippen MR) is 50.1 cm³/mol. The van der Waals surface area contributed by atoms with Crippen molar-refractivity contribution < 1.29 is 61.3 Å². The second kappa shape index (κ2) is 11.3. The van der Waals surface area contributed by atoms with E-state index >= 15 is 0 Å². The zero-order chi connectivity index (χ0) is 9.40. The van der Waals surface area contributed by atoms with Gasteiger partial charge in [-0.3, -0.25) is 0 Å². The van der Waals surface area contributed by atoms with Crippen molar-refractivity contribution in [1.29, 1.82) is 0 Å². The molecule has 13 heavy (non-hydrogen) atoms. The molecule has 0 rings (SSSR count). The summed E-state index contributed by atoms with van der Waals surface area (Å²) in [5, 5.41) is 10.4. The third-order valence-corrected chi connectivity index (χ3v) is 2.05. The van der Waals surface area contributed by atoms with Crippen molar-refractivity contribution >= 4 is 18.7 Å². The van der Waals surface area contributed by atoms with Gasteiger partial charge in [-0.05, 0) is 6.42 Å². The van der Waals surface area contributed by atoms with Gasteiger partial charge in [0.1, 0.15) is 6.09 Å². The molecule has 0 bridgehead atoms. The van der Waals surface area contributed by atoms with Crippen LogP contribution in [0.4, 0.5) is 4.79 Å². The van der Waals surface area contributed by atoms with E-state index in [0.29, 0.717) is 6.54 Å². The maximum Gasteiger partial charge on any atom is 1.00 e. The second-order valence-corrected chi connectivity index (χ2v) is 3.01. The van der Waals surface area contributed by atoms with Gasteiger partial charge in [-0.15, -0.1) is 0 Å². The molecule has 0 aliphatic heterocycles. The van der Waals surface area contributed by atoms with E-state index in [1.165, 1.54) is 4.90 Å². The van der Waals surface area contributed by atoms with Crippen LogP contribution in [0.3, 0.4) is 0 Å². The number of carboxylic acid groups (broad SMARTS) is 1. The predicted octanol–water partition coefficient (Wildman–Crippen LogP) is -1.90. The Hall–Kier alpha value is 1.26. The summed E-state index contributed by atoms with van der Waals surface area (Å²) in [5.74, 6) is 0.231. The van der Waals surface area contributed by atoms with Crippen LogP contribution in [0.2, 0.25) is 0 Å². The molecule has 0 aromatic heterocycles. The molecule has 0 heterocycles. The first-order chi connectivity index (χ1) is 5.72. The maximum absolute atomic E-state index is 10.4. The van der Waals surface area contributed by atoms with Crippen molar-refractivity contribution in [3.05, 3.63) is 0 Å². The second-order valence-electron chi connectivity index (χ2n) is 2.73. The Kier molecular flexibility index (Phi) is 14.5. The number of nitrogens with zero attached hydrogens (tertiary/aromatic N) is 1. The molecule has 0 N–H and O–H groups in total. The van der Waals surface area contributed by atoms with Gasteiger partial charge >= 0.3 is 51.4 Å². The molecular formula is C8H16KNO2S.